The number of aromatic nitrogens is 1. The summed E-state index contributed by atoms with van der Waals surface area (Å²) < 4.78 is 1.50. The first-order valence-corrected chi connectivity index (χ1v) is 9.72. The van der Waals surface area contributed by atoms with Crippen LogP contribution < -0.4 is 5.32 Å². The summed E-state index contributed by atoms with van der Waals surface area (Å²) in [5.74, 6) is -1.87. The number of carboxylic acid groups (broad SMARTS) is 1. The molecule has 1 heterocycles. The smallest absolute Gasteiger partial charge is 0.338 e. The van der Waals surface area contributed by atoms with Gasteiger partial charge < -0.3 is 15.0 Å². The molecule has 0 spiro atoms. The van der Waals surface area contributed by atoms with Gasteiger partial charge in [0, 0.05) is 24.0 Å². The topological polar surface area (TPSA) is 88.4 Å². The quantitative estimate of drug-likeness (QED) is 0.583. The lowest BCUT2D eigenvalue weighted by Gasteiger charge is -2.11. The number of carboxylic acids is 1. The van der Waals surface area contributed by atoms with Gasteiger partial charge in [0.05, 0.1) is 12.0 Å². The van der Waals surface area contributed by atoms with Gasteiger partial charge in [0.2, 0.25) is 11.7 Å². The van der Waals surface area contributed by atoms with Crippen LogP contribution in [-0.4, -0.2) is 27.3 Å². The van der Waals surface area contributed by atoms with Crippen molar-refractivity contribution in [1.29, 1.82) is 0 Å². The first kappa shape index (κ1) is 21.0. The Balaban J connectivity index is 1.90. The SMILES string of the molecule is CCc1ccccc1NC(=O)Cc1cc(C(=O)O)c(C(=O)c2ccc(C)cc2)n1C. The van der Waals surface area contributed by atoms with Crippen LogP contribution in [0.5, 0.6) is 0 Å². The fraction of sp³-hybridized carbons (Fsp3) is 0.208. The van der Waals surface area contributed by atoms with Crippen molar-refractivity contribution < 1.29 is 19.5 Å². The minimum atomic E-state index is -1.20. The van der Waals surface area contributed by atoms with Crippen molar-refractivity contribution in [2.24, 2.45) is 7.05 Å². The van der Waals surface area contributed by atoms with E-state index in [1.54, 1.807) is 31.3 Å². The average molecular weight is 404 g/mol. The molecule has 0 bridgehead atoms. The molecule has 1 aromatic heterocycles. The zero-order valence-corrected chi connectivity index (χ0v) is 17.2. The Morgan fingerprint density at radius 3 is 2.33 bits per heavy atom. The number of ketones is 1. The number of aromatic carboxylic acids is 1. The highest BCUT2D eigenvalue weighted by Gasteiger charge is 2.25. The molecule has 0 atom stereocenters. The molecule has 0 saturated carbocycles. The third kappa shape index (κ3) is 4.33. The van der Waals surface area contributed by atoms with Crippen LogP contribution in [0.4, 0.5) is 5.69 Å². The number of para-hydroxylation sites is 1. The van der Waals surface area contributed by atoms with Gasteiger partial charge in [0.1, 0.15) is 5.69 Å². The predicted octanol–water partition coefficient (Wildman–Crippen LogP) is 4.01. The van der Waals surface area contributed by atoms with Crippen LogP contribution >= 0.6 is 0 Å². The van der Waals surface area contributed by atoms with E-state index in [0.29, 0.717) is 11.3 Å². The van der Waals surface area contributed by atoms with E-state index in [4.69, 9.17) is 0 Å². The van der Waals surface area contributed by atoms with E-state index >= 15 is 0 Å². The maximum absolute atomic E-state index is 13.0. The van der Waals surface area contributed by atoms with Crippen molar-refractivity contribution in [3.8, 4) is 0 Å². The number of nitrogens with zero attached hydrogens (tertiary/aromatic N) is 1. The van der Waals surface area contributed by atoms with Crippen LogP contribution in [-0.2, 0) is 24.7 Å². The summed E-state index contributed by atoms with van der Waals surface area (Å²) in [7, 11) is 1.61. The molecule has 154 valence electrons. The minimum absolute atomic E-state index is 0.0456. The average Bonchev–Trinajstić information content (AvgIpc) is 3.04. The van der Waals surface area contributed by atoms with Gasteiger partial charge >= 0.3 is 5.97 Å². The normalized spacial score (nSPS) is 10.6. The Morgan fingerprint density at radius 2 is 1.70 bits per heavy atom. The summed E-state index contributed by atoms with van der Waals surface area (Å²) in [5.41, 5.74) is 3.55. The maximum Gasteiger partial charge on any atom is 0.338 e. The standard InChI is InChI=1S/C24H24N2O4/c1-4-16-7-5-6-8-20(16)25-21(27)14-18-13-19(24(29)30)22(26(18)3)23(28)17-11-9-15(2)10-12-17/h5-13H,4,14H2,1-3H3,(H,25,27)(H,29,30). The number of hydrogen-bond donors (Lipinski definition) is 2. The van der Waals surface area contributed by atoms with Gasteiger partial charge in [-0.15, -0.1) is 0 Å². The number of hydrogen-bond acceptors (Lipinski definition) is 3. The molecule has 0 aliphatic rings. The highest BCUT2D eigenvalue weighted by Crippen LogP contribution is 2.21. The van der Waals surface area contributed by atoms with Gasteiger partial charge in [0.15, 0.2) is 0 Å². The van der Waals surface area contributed by atoms with Gasteiger partial charge in [-0.25, -0.2) is 4.79 Å². The summed E-state index contributed by atoms with van der Waals surface area (Å²) in [6.07, 6.45) is 0.731. The van der Waals surface area contributed by atoms with E-state index in [9.17, 15) is 19.5 Å². The number of carbonyl (C=O) groups excluding carboxylic acids is 2. The van der Waals surface area contributed by atoms with E-state index in [2.05, 4.69) is 5.32 Å². The molecule has 3 rings (SSSR count). The lowest BCUT2D eigenvalue weighted by atomic mass is 10.0. The second kappa shape index (κ2) is 8.78. The minimum Gasteiger partial charge on any atom is -0.478 e. The second-order valence-corrected chi connectivity index (χ2v) is 7.19. The third-order valence-electron chi connectivity index (χ3n) is 5.11. The van der Waals surface area contributed by atoms with Gasteiger partial charge in [-0.2, -0.15) is 0 Å². The van der Waals surface area contributed by atoms with E-state index in [-0.39, 0.29) is 23.6 Å². The molecule has 0 radical (unpaired) electrons. The Bertz CT molecular complexity index is 1110. The van der Waals surface area contributed by atoms with Crippen LogP contribution in [0.2, 0.25) is 0 Å². The van der Waals surface area contributed by atoms with Crippen molar-refractivity contribution in [1.82, 2.24) is 4.57 Å². The molecule has 0 saturated heterocycles. The van der Waals surface area contributed by atoms with Crippen molar-refractivity contribution in [2.45, 2.75) is 26.7 Å². The Labute approximate surface area is 175 Å². The summed E-state index contributed by atoms with van der Waals surface area (Å²) in [6, 6.07) is 15.9. The number of carbonyl (C=O) groups is 3. The molecular weight excluding hydrogens is 380 g/mol. The van der Waals surface area contributed by atoms with Crippen LogP contribution in [0.1, 0.15) is 50.2 Å². The monoisotopic (exact) mass is 404 g/mol. The Hall–Kier alpha value is -3.67. The molecule has 6 heteroatoms. The van der Waals surface area contributed by atoms with E-state index in [1.165, 1.54) is 10.6 Å². The molecule has 2 N–H and O–H groups in total. The highest BCUT2D eigenvalue weighted by atomic mass is 16.4. The second-order valence-electron chi connectivity index (χ2n) is 7.19. The van der Waals surface area contributed by atoms with E-state index in [1.807, 2.05) is 38.1 Å². The number of aryl methyl sites for hydroxylation is 2. The maximum atomic E-state index is 13.0. The molecule has 0 aliphatic heterocycles. The molecule has 0 fully saturated rings. The van der Waals surface area contributed by atoms with Crippen molar-refractivity contribution in [3.05, 3.63) is 88.2 Å². The number of nitrogens with one attached hydrogen (secondary N) is 1. The summed E-state index contributed by atoms with van der Waals surface area (Å²) in [6.45, 7) is 3.91. The molecule has 1 amide bonds. The zero-order valence-electron chi connectivity index (χ0n) is 17.2. The fourth-order valence-electron chi connectivity index (χ4n) is 3.41. The highest BCUT2D eigenvalue weighted by molar-refractivity contribution is 6.13. The summed E-state index contributed by atoms with van der Waals surface area (Å²) >= 11 is 0. The van der Waals surface area contributed by atoms with Gasteiger partial charge in [0.25, 0.3) is 0 Å². The van der Waals surface area contributed by atoms with E-state index < -0.39 is 11.8 Å². The number of amides is 1. The van der Waals surface area contributed by atoms with Crippen LogP contribution in [0.3, 0.4) is 0 Å². The predicted molar refractivity (Wildman–Crippen MR) is 115 cm³/mol. The largest absolute Gasteiger partial charge is 0.478 e. The molecular formula is C24H24N2O4. The fourth-order valence-corrected chi connectivity index (χ4v) is 3.41. The van der Waals surface area contributed by atoms with Gasteiger partial charge in [-0.05, 0) is 31.0 Å². The Kier molecular flexibility index (Phi) is 6.16. The van der Waals surface area contributed by atoms with Crippen molar-refractivity contribution in [2.75, 3.05) is 5.32 Å². The van der Waals surface area contributed by atoms with Crippen molar-refractivity contribution >= 4 is 23.3 Å². The van der Waals surface area contributed by atoms with E-state index in [0.717, 1.165) is 23.2 Å². The number of anilines is 1. The molecule has 0 unspecified atom stereocenters. The lowest BCUT2D eigenvalue weighted by molar-refractivity contribution is -0.115. The van der Waals surface area contributed by atoms with Crippen molar-refractivity contribution in [3.63, 3.8) is 0 Å². The van der Waals surface area contributed by atoms with Gasteiger partial charge in [-0.1, -0.05) is 55.0 Å². The first-order valence-electron chi connectivity index (χ1n) is 9.72. The summed E-state index contributed by atoms with van der Waals surface area (Å²) in [4.78, 5) is 37.4. The number of rotatable bonds is 7. The summed E-state index contributed by atoms with van der Waals surface area (Å²) in [5, 5.41) is 12.5. The molecule has 30 heavy (non-hydrogen) atoms. The molecule has 0 aliphatic carbocycles. The van der Waals surface area contributed by atoms with Crippen LogP contribution in [0.25, 0.3) is 0 Å². The van der Waals surface area contributed by atoms with Crippen LogP contribution in [0.15, 0.2) is 54.6 Å². The lowest BCUT2D eigenvalue weighted by Crippen LogP contribution is -2.18. The zero-order chi connectivity index (χ0) is 21.8. The molecule has 6 nitrogen and oxygen atoms in total. The van der Waals surface area contributed by atoms with Crippen LogP contribution in [0, 0.1) is 6.92 Å². The molecule has 2 aromatic carbocycles. The van der Waals surface area contributed by atoms with Gasteiger partial charge in [-0.3, -0.25) is 9.59 Å². The Morgan fingerprint density at radius 1 is 1.03 bits per heavy atom. The molecule has 3 aromatic rings. The third-order valence-corrected chi connectivity index (χ3v) is 5.11. The number of benzene rings is 2. The first-order chi connectivity index (χ1) is 14.3.